The van der Waals surface area contributed by atoms with Crippen molar-refractivity contribution in [2.24, 2.45) is 5.73 Å². The number of phenolic OH excluding ortho intramolecular Hbond substituents is 1. The third-order valence-electron chi connectivity index (χ3n) is 2.83. The molecule has 0 fully saturated rings. The Morgan fingerprint density at radius 3 is 2.29 bits per heavy atom. The summed E-state index contributed by atoms with van der Waals surface area (Å²) in [6.07, 6.45) is -4.73. The molecule has 0 saturated carbocycles. The third-order valence-corrected chi connectivity index (χ3v) is 3.47. The number of halogens is 4. The van der Waals surface area contributed by atoms with E-state index in [0.29, 0.717) is 15.6 Å². The maximum Gasteiger partial charge on any atom is 0.573 e. The van der Waals surface area contributed by atoms with Gasteiger partial charge < -0.3 is 15.6 Å². The summed E-state index contributed by atoms with van der Waals surface area (Å²) in [4.78, 5) is 0. The van der Waals surface area contributed by atoms with Crippen molar-refractivity contribution in [1.82, 2.24) is 0 Å². The van der Waals surface area contributed by atoms with E-state index in [2.05, 4.69) is 20.7 Å². The zero-order valence-electron chi connectivity index (χ0n) is 10.6. The van der Waals surface area contributed by atoms with Gasteiger partial charge in [0.05, 0.1) is 10.5 Å². The first kappa shape index (κ1) is 15.7. The second-order valence-electron chi connectivity index (χ2n) is 4.27. The van der Waals surface area contributed by atoms with Gasteiger partial charge in [-0.15, -0.1) is 13.2 Å². The van der Waals surface area contributed by atoms with Gasteiger partial charge in [0.2, 0.25) is 0 Å². The Labute approximate surface area is 127 Å². The van der Waals surface area contributed by atoms with E-state index in [1.807, 2.05) is 0 Å². The summed E-state index contributed by atoms with van der Waals surface area (Å²) >= 11 is 3.18. The summed E-state index contributed by atoms with van der Waals surface area (Å²) in [5.74, 6) is -0.322. The molecule has 7 heteroatoms. The van der Waals surface area contributed by atoms with Crippen molar-refractivity contribution >= 4 is 15.9 Å². The van der Waals surface area contributed by atoms with Gasteiger partial charge in [-0.3, -0.25) is 0 Å². The normalized spacial score (nSPS) is 13.0. The maximum absolute atomic E-state index is 12.1. The lowest BCUT2D eigenvalue weighted by Crippen LogP contribution is -2.17. The van der Waals surface area contributed by atoms with E-state index in [4.69, 9.17) is 5.73 Å². The number of benzene rings is 2. The summed E-state index contributed by atoms with van der Waals surface area (Å²) in [6, 6.07) is 9.55. The molecule has 2 aromatic rings. The number of rotatable bonds is 3. The van der Waals surface area contributed by atoms with Crippen LogP contribution in [0.2, 0.25) is 0 Å². The van der Waals surface area contributed by atoms with Crippen LogP contribution in [0.1, 0.15) is 17.2 Å². The monoisotopic (exact) mass is 361 g/mol. The van der Waals surface area contributed by atoms with Crippen molar-refractivity contribution < 1.29 is 23.0 Å². The molecule has 112 valence electrons. The quantitative estimate of drug-likeness (QED) is 0.865. The van der Waals surface area contributed by atoms with E-state index >= 15 is 0 Å². The van der Waals surface area contributed by atoms with Crippen LogP contribution in [0.4, 0.5) is 13.2 Å². The highest BCUT2D eigenvalue weighted by atomic mass is 79.9. The molecule has 0 aliphatic rings. The minimum Gasteiger partial charge on any atom is -0.506 e. The van der Waals surface area contributed by atoms with Crippen LogP contribution in [0.3, 0.4) is 0 Å². The van der Waals surface area contributed by atoms with E-state index in [9.17, 15) is 18.3 Å². The van der Waals surface area contributed by atoms with Gasteiger partial charge in [-0.2, -0.15) is 0 Å². The number of hydrogen-bond acceptors (Lipinski definition) is 3. The standard InChI is InChI=1S/C14H11BrF3NO2/c15-11-3-1-2-10(13(11)20)12(19)8-4-6-9(7-5-8)21-14(16,17)18/h1-7,12,20H,19H2/t12-/m1/s1. The predicted molar refractivity (Wildman–Crippen MR) is 75.0 cm³/mol. The van der Waals surface area contributed by atoms with Crippen LogP contribution in [0.25, 0.3) is 0 Å². The number of para-hydroxylation sites is 1. The highest BCUT2D eigenvalue weighted by Gasteiger charge is 2.31. The van der Waals surface area contributed by atoms with Crippen molar-refractivity contribution in [2.45, 2.75) is 12.4 Å². The largest absolute Gasteiger partial charge is 0.573 e. The lowest BCUT2D eigenvalue weighted by molar-refractivity contribution is -0.274. The zero-order chi connectivity index (χ0) is 15.6. The lowest BCUT2D eigenvalue weighted by Gasteiger charge is -2.16. The van der Waals surface area contributed by atoms with Crippen LogP contribution in [-0.2, 0) is 0 Å². The van der Waals surface area contributed by atoms with Crippen LogP contribution < -0.4 is 10.5 Å². The molecule has 0 unspecified atom stereocenters. The highest BCUT2D eigenvalue weighted by Crippen LogP contribution is 2.34. The van der Waals surface area contributed by atoms with Crippen LogP contribution in [-0.4, -0.2) is 11.5 Å². The fourth-order valence-electron chi connectivity index (χ4n) is 1.84. The molecule has 3 N–H and O–H groups in total. The fraction of sp³-hybridized carbons (Fsp3) is 0.143. The fourth-order valence-corrected chi connectivity index (χ4v) is 2.22. The molecule has 2 aromatic carbocycles. The van der Waals surface area contributed by atoms with E-state index in [-0.39, 0.29) is 11.5 Å². The number of ether oxygens (including phenoxy) is 1. The first-order valence-corrected chi connectivity index (χ1v) is 6.66. The molecule has 21 heavy (non-hydrogen) atoms. The molecule has 0 aromatic heterocycles. The average Bonchev–Trinajstić information content (AvgIpc) is 2.40. The molecule has 0 aliphatic carbocycles. The van der Waals surface area contributed by atoms with E-state index < -0.39 is 12.4 Å². The van der Waals surface area contributed by atoms with Crippen molar-refractivity contribution in [3.8, 4) is 11.5 Å². The molecule has 0 aliphatic heterocycles. The summed E-state index contributed by atoms with van der Waals surface area (Å²) < 4.78 is 40.5. The molecule has 0 heterocycles. The molecule has 0 amide bonds. The number of hydrogen-bond donors (Lipinski definition) is 2. The van der Waals surface area contributed by atoms with Gasteiger partial charge in [0.25, 0.3) is 0 Å². The number of alkyl halides is 3. The van der Waals surface area contributed by atoms with Crippen molar-refractivity contribution in [2.75, 3.05) is 0 Å². The Balaban J connectivity index is 2.24. The van der Waals surface area contributed by atoms with Gasteiger partial charge in [0, 0.05) is 5.56 Å². The van der Waals surface area contributed by atoms with Crippen molar-refractivity contribution in [3.05, 3.63) is 58.1 Å². The van der Waals surface area contributed by atoms with Gasteiger partial charge in [-0.05, 0) is 39.7 Å². The number of phenols is 1. The molecular formula is C14H11BrF3NO2. The first-order chi connectivity index (χ1) is 9.78. The van der Waals surface area contributed by atoms with Gasteiger partial charge in [0.15, 0.2) is 0 Å². The summed E-state index contributed by atoms with van der Waals surface area (Å²) in [6.45, 7) is 0. The van der Waals surface area contributed by atoms with Crippen molar-refractivity contribution in [1.29, 1.82) is 0 Å². The Hall–Kier alpha value is -1.73. The second kappa shape index (κ2) is 5.95. The van der Waals surface area contributed by atoms with Gasteiger partial charge in [0.1, 0.15) is 11.5 Å². The van der Waals surface area contributed by atoms with Gasteiger partial charge in [-0.1, -0.05) is 24.3 Å². The average molecular weight is 362 g/mol. The van der Waals surface area contributed by atoms with Crippen LogP contribution in [0.15, 0.2) is 46.9 Å². The summed E-state index contributed by atoms with van der Waals surface area (Å²) in [7, 11) is 0. The summed E-state index contributed by atoms with van der Waals surface area (Å²) in [5, 5.41) is 9.94. The molecule has 2 rings (SSSR count). The SMILES string of the molecule is N[C@H](c1ccc(OC(F)(F)F)cc1)c1cccc(Br)c1O. The van der Waals surface area contributed by atoms with Crippen molar-refractivity contribution in [3.63, 3.8) is 0 Å². The Bertz CT molecular complexity index is 629. The molecule has 0 saturated heterocycles. The minimum atomic E-state index is -4.73. The predicted octanol–water partition coefficient (Wildman–Crippen LogP) is 4.10. The zero-order valence-corrected chi connectivity index (χ0v) is 12.1. The topological polar surface area (TPSA) is 55.5 Å². The molecule has 0 spiro atoms. The molecule has 1 atom stereocenters. The van der Waals surface area contributed by atoms with E-state index in [1.54, 1.807) is 18.2 Å². The number of aromatic hydroxyl groups is 1. The Morgan fingerprint density at radius 2 is 1.71 bits per heavy atom. The van der Waals surface area contributed by atoms with Crippen LogP contribution in [0.5, 0.6) is 11.5 Å². The summed E-state index contributed by atoms with van der Waals surface area (Å²) in [5.41, 5.74) is 7.04. The highest BCUT2D eigenvalue weighted by molar-refractivity contribution is 9.10. The molecule has 0 radical (unpaired) electrons. The van der Waals surface area contributed by atoms with Gasteiger partial charge >= 0.3 is 6.36 Å². The molecule has 3 nitrogen and oxygen atoms in total. The van der Waals surface area contributed by atoms with Crippen LogP contribution in [0, 0.1) is 0 Å². The third kappa shape index (κ3) is 3.89. The Morgan fingerprint density at radius 1 is 1.10 bits per heavy atom. The maximum atomic E-state index is 12.1. The van der Waals surface area contributed by atoms with E-state index in [1.165, 1.54) is 24.3 Å². The molecule has 0 bridgehead atoms. The lowest BCUT2D eigenvalue weighted by atomic mass is 9.99. The van der Waals surface area contributed by atoms with Gasteiger partial charge in [-0.25, -0.2) is 0 Å². The second-order valence-corrected chi connectivity index (χ2v) is 5.13. The number of nitrogens with two attached hydrogens (primary N) is 1. The van der Waals surface area contributed by atoms with E-state index in [0.717, 1.165) is 0 Å². The van der Waals surface area contributed by atoms with Crippen LogP contribution >= 0.6 is 15.9 Å². The molecular weight excluding hydrogens is 351 g/mol. The smallest absolute Gasteiger partial charge is 0.506 e. The first-order valence-electron chi connectivity index (χ1n) is 5.86. The Kier molecular flexibility index (Phi) is 4.43. The minimum absolute atomic E-state index is 0.000572.